The first kappa shape index (κ1) is 14.0. The summed E-state index contributed by atoms with van der Waals surface area (Å²) < 4.78 is 0.902. The molecule has 19 heavy (non-hydrogen) atoms. The molecule has 2 aromatic heterocycles. The lowest BCUT2D eigenvalue weighted by molar-refractivity contribution is -0.115. The van der Waals surface area contributed by atoms with Crippen LogP contribution in [0.4, 0.5) is 5.82 Å². The smallest absolute Gasteiger partial charge is 0.226 e. The van der Waals surface area contributed by atoms with Gasteiger partial charge >= 0.3 is 0 Å². The lowest BCUT2D eigenvalue weighted by atomic mass is 10.3. The van der Waals surface area contributed by atoms with E-state index in [-0.39, 0.29) is 5.91 Å². The van der Waals surface area contributed by atoms with Crippen molar-refractivity contribution in [1.82, 2.24) is 15.2 Å². The number of anilines is 1. The Hall–Kier alpha value is -1.47. The number of pyridine rings is 1. The molecule has 0 radical (unpaired) electrons. The van der Waals surface area contributed by atoms with Gasteiger partial charge in [0.25, 0.3) is 0 Å². The summed E-state index contributed by atoms with van der Waals surface area (Å²) in [6, 6.07) is 3.74. The molecule has 0 unspecified atom stereocenters. The first-order valence-corrected chi connectivity index (χ1v) is 7.59. The third kappa shape index (κ3) is 4.60. The molecule has 5 nitrogen and oxygen atoms in total. The highest BCUT2D eigenvalue weighted by Crippen LogP contribution is 2.22. The fraction of sp³-hybridized carbons (Fsp3) is 0.333. The maximum absolute atomic E-state index is 11.7. The second-order valence-electron chi connectivity index (χ2n) is 3.95. The van der Waals surface area contributed by atoms with Gasteiger partial charge in [-0.25, -0.2) is 4.98 Å². The maximum Gasteiger partial charge on any atom is 0.226 e. The summed E-state index contributed by atoms with van der Waals surface area (Å²) in [4.78, 5) is 15.8. The molecule has 0 aliphatic carbocycles. The zero-order valence-corrected chi connectivity index (χ0v) is 12.3. The van der Waals surface area contributed by atoms with Gasteiger partial charge in [0.2, 0.25) is 5.91 Å². The van der Waals surface area contributed by atoms with Crippen molar-refractivity contribution in [3.63, 3.8) is 0 Å². The van der Waals surface area contributed by atoms with Crippen LogP contribution in [0, 0.1) is 13.8 Å². The second-order valence-corrected chi connectivity index (χ2v) is 6.48. The minimum atomic E-state index is -0.0353. The average Bonchev–Trinajstić information content (AvgIpc) is 2.75. The molecule has 1 amide bonds. The summed E-state index contributed by atoms with van der Waals surface area (Å²) in [5.41, 5.74) is 1.07. The molecule has 0 saturated heterocycles. The highest BCUT2D eigenvalue weighted by Gasteiger charge is 2.06. The highest BCUT2D eigenvalue weighted by molar-refractivity contribution is 8.01. The molecule has 7 heteroatoms. The molecule has 0 bridgehead atoms. The van der Waals surface area contributed by atoms with Crippen LogP contribution in [0.2, 0.25) is 0 Å². The third-order valence-electron chi connectivity index (χ3n) is 2.25. The summed E-state index contributed by atoms with van der Waals surface area (Å²) >= 11 is 3.09. The van der Waals surface area contributed by atoms with E-state index in [1.54, 1.807) is 29.3 Å². The van der Waals surface area contributed by atoms with Crippen molar-refractivity contribution in [2.45, 2.75) is 24.6 Å². The number of aromatic nitrogens is 3. The predicted octanol–water partition coefficient (Wildman–Crippen LogP) is 2.67. The summed E-state index contributed by atoms with van der Waals surface area (Å²) in [7, 11) is 0. The Morgan fingerprint density at radius 2 is 2.26 bits per heavy atom. The van der Waals surface area contributed by atoms with Crippen molar-refractivity contribution in [3.05, 3.63) is 28.9 Å². The minimum Gasteiger partial charge on any atom is -0.311 e. The van der Waals surface area contributed by atoms with Crippen molar-refractivity contribution < 1.29 is 4.79 Å². The van der Waals surface area contributed by atoms with Crippen molar-refractivity contribution in [1.29, 1.82) is 0 Å². The highest BCUT2D eigenvalue weighted by atomic mass is 32.2. The molecule has 0 aliphatic heterocycles. The Bertz CT molecular complexity index is 570. The molecule has 0 saturated carbocycles. The number of nitrogens with zero attached hydrogens (tertiary/aromatic N) is 3. The summed E-state index contributed by atoms with van der Waals surface area (Å²) in [6.45, 7) is 3.88. The van der Waals surface area contributed by atoms with Gasteiger partial charge in [0.15, 0.2) is 4.34 Å². The number of rotatable bonds is 5. The average molecular weight is 294 g/mol. The number of hydrogen-bond donors (Lipinski definition) is 1. The summed E-state index contributed by atoms with van der Waals surface area (Å²) in [6.07, 6.45) is 2.11. The van der Waals surface area contributed by atoms with E-state index in [4.69, 9.17) is 0 Å². The van der Waals surface area contributed by atoms with Crippen molar-refractivity contribution in [2.75, 3.05) is 11.1 Å². The summed E-state index contributed by atoms with van der Waals surface area (Å²) in [5.74, 6) is 1.25. The van der Waals surface area contributed by atoms with E-state index < -0.39 is 0 Å². The first-order chi connectivity index (χ1) is 9.13. The van der Waals surface area contributed by atoms with E-state index in [0.717, 1.165) is 14.9 Å². The van der Waals surface area contributed by atoms with Gasteiger partial charge in [-0.2, -0.15) is 0 Å². The molecule has 2 aromatic rings. The molecule has 0 fully saturated rings. The Morgan fingerprint density at radius 3 is 2.95 bits per heavy atom. The van der Waals surface area contributed by atoms with Gasteiger partial charge in [-0.3, -0.25) is 4.79 Å². The number of nitrogens with one attached hydrogen (secondary N) is 1. The van der Waals surface area contributed by atoms with E-state index in [1.807, 2.05) is 26.0 Å². The van der Waals surface area contributed by atoms with Crippen LogP contribution < -0.4 is 5.32 Å². The third-order valence-corrected chi connectivity index (χ3v) is 4.22. The molecule has 1 N–H and O–H groups in total. The normalized spacial score (nSPS) is 10.4. The Kier molecular flexibility index (Phi) is 4.86. The van der Waals surface area contributed by atoms with E-state index in [2.05, 4.69) is 20.5 Å². The fourth-order valence-corrected chi connectivity index (χ4v) is 3.20. The summed E-state index contributed by atoms with van der Waals surface area (Å²) in [5, 5.41) is 11.6. The fourth-order valence-electron chi connectivity index (χ4n) is 1.38. The van der Waals surface area contributed by atoms with Crippen LogP contribution in [0.5, 0.6) is 0 Å². The van der Waals surface area contributed by atoms with Crippen LogP contribution in [0.3, 0.4) is 0 Å². The van der Waals surface area contributed by atoms with E-state index in [1.165, 1.54) is 0 Å². The number of carbonyl (C=O) groups excluding carboxylic acids is 1. The maximum atomic E-state index is 11.7. The zero-order chi connectivity index (χ0) is 13.7. The largest absolute Gasteiger partial charge is 0.311 e. The molecular formula is C12H14N4OS2. The van der Waals surface area contributed by atoms with Crippen LogP contribution >= 0.6 is 23.1 Å². The van der Waals surface area contributed by atoms with Crippen molar-refractivity contribution in [2.24, 2.45) is 0 Å². The predicted molar refractivity (Wildman–Crippen MR) is 77.6 cm³/mol. The molecule has 2 rings (SSSR count). The van der Waals surface area contributed by atoms with E-state index in [9.17, 15) is 4.79 Å². The number of hydrogen-bond acceptors (Lipinski definition) is 6. The number of carbonyl (C=O) groups is 1. The van der Waals surface area contributed by atoms with Crippen LogP contribution in [-0.4, -0.2) is 26.8 Å². The molecule has 0 aliphatic rings. The Balaban J connectivity index is 1.76. The second kappa shape index (κ2) is 6.63. The van der Waals surface area contributed by atoms with Crippen molar-refractivity contribution in [3.8, 4) is 0 Å². The van der Waals surface area contributed by atoms with Gasteiger partial charge in [0.1, 0.15) is 10.8 Å². The van der Waals surface area contributed by atoms with Crippen LogP contribution in [-0.2, 0) is 4.79 Å². The Labute approximate surface area is 119 Å². The molecule has 0 atom stereocenters. The lowest BCUT2D eigenvalue weighted by Gasteiger charge is -2.04. The molecule has 0 aromatic carbocycles. The van der Waals surface area contributed by atoms with Crippen LogP contribution in [0.1, 0.15) is 17.0 Å². The molecule has 100 valence electrons. The Morgan fingerprint density at radius 1 is 1.42 bits per heavy atom. The SMILES string of the molecule is Cc1ccnc(NC(=O)CCSc2nnc(C)s2)c1. The molecule has 2 heterocycles. The quantitative estimate of drug-likeness (QED) is 0.859. The van der Waals surface area contributed by atoms with Gasteiger partial charge in [-0.15, -0.1) is 10.2 Å². The lowest BCUT2D eigenvalue weighted by Crippen LogP contribution is -2.13. The standard InChI is InChI=1S/C12H14N4OS2/c1-8-3-5-13-10(7-8)14-11(17)4-6-18-12-16-15-9(2)19-12/h3,5,7H,4,6H2,1-2H3,(H,13,14,17). The monoisotopic (exact) mass is 294 g/mol. The minimum absolute atomic E-state index is 0.0353. The van der Waals surface area contributed by atoms with Crippen molar-refractivity contribution >= 4 is 34.8 Å². The van der Waals surface area contributed by atoms with Gasteiger partial charge < -0.3 is 5.32 Å². The van der Waals surface area contributed by atoms with Crippen LogP contribution in [0.25, 0.3) is 0 Å². The van der Waals surface area contributed by atoms with Gasteiger partial charge in [0, 0.05) is 18.4 Å². The van der Waals surface area contributed by atoms with E-state index >= 15 is 0 Å². The molecule has 0 spiro atoms. The van der Waals surface area contributed by atoms with Crippen LogP contribution in [0.15, 0.2) is 22.7 Å². The first-order valence-electron chi connectivity index (χ1n) is 5.79. The number of aryl methyl sites for hydroxylation is 2. The number of thioether (sulfide) groups is 1. The van der Waals surface area contributed by atoms with E-state index in [0.29, 0.717) is 18.0 Å². The topological polar surface area (TPSA) is 67.8 Å². The number of amides is 1. The van der Waals surface area contributed by atoms with Gasteiger partial charge in [-0.05, 0) is 31.5 Å². The zero-order valence-electron chi connectivity index (χ0n) is 10.7. The van der Waals surface area contributed by atoms with Gasteiger partial charge in [-0.1, -0.05) is 23.1 Å². The van der Waals surface area contributed by atoms with Gasteiger partial charge in [0.05, 0.1) is 0 Å². The molecular weight excluding hydrogens is 280 g/mol.